The Kier molecular flexibility index (Phi) is 3.91. The summed E-state index contributed by atoms with van der Waals surface area (Å²) in [6.45, 7) is 5.15. The summed E-state index contributed by atoms with van der Waals surface area (Å²) in [5.41, 5.74) is 0. The normalized spacial score (nSPS) is 9.62. The van der Waals surface area contributed by atoms with Crippen LogP contribution in [0.1, 0.15) is 5.01 Å². The Labute approximate surface area is 84.0 Å². The molecule has 0 aromatic carbocycles. The third kappa shape index (κ3) is 3.56. The highest BCUT2D eigenvalue weighted by molar-refractivity contribution is 8.00. The lowest BCUT2D eigenvalue weighted by atomic mass is 10.7. The summed E-state index contributed by atoms with van der Waals surface area (Å²) in [4.78, 5) is 10.6. The van der Waals surface area contributed by atoms with Gasteiger partial charge in [-0.05, 0) is 6.92 Å². The fourth-order valence-corrected chi connectivity index (χ4v) is 2.07. The number of aromatic nitrogens is 2. The molecule has 0 fully saturated rings. The maximum Gasteiger partial charge on any atom is 0.330 e. The summed E-state index contributed by atoms with van der Waals surface area (Å²) in [5, 5.41) is 8.57. The van der Waals surface area contributed by atoms with Crippen LogP contribution in [0.15, 0.2) is 17.0 Å². The van der Waals surface area contributed by atoms with Gasteiger partial charge in [0, 0.05) is 6.08 Å². The second-order valence-electron chi connectivity index (χ2n) is 2.02. The highest BCUT2D eigenvalue weighted by Crippen LogP contribution is 2.21. The van der Waals surface area contributed by atoms with Gasteiger partial charge in [-0.3, -0.25) is 0 Å². The zero-order valence-corrected chi connectivity index (χ0v) is 8.65. The Balaban J connectivity index is 2.27. The van der Waals surface area contributed by atoms with Crippen molar-refractivity contribution in [1.29, 1.82) is 0 Å². The van der Waals surface area contributed by atoms with Crippen LogP contribution in [-0.2, 0) is 9.53 Å². The van der Waals surface area contributed by atoms with Gasteiger partial charge in [0.1, 0.15) is 10.9 Å². The molecule has 70 valence electrons. The minimum absolute atomic E-state index is 0.249. The van der Waals surface area contributed by atoms with E-state index < -0.39 is 5.97 Å². The van der Waals surface area contributed by atoms with Gasteiger partial charge in [0.2, 0.25) is 0 Å². The lowest BCUT2D eigenvalue weighted by Gasteiger charge is -1.96. The summed E-state index contributed by atoms with van der Waals surface area (Å²) >= 11 is 2.81. The first-order valence-electron chi connectivity index (χ1n) is 3.44. The number of aryl methyl sites for hydroxylation is 1. The minimum Gasteiger partial charge on any atom is -0.451 e. The van der Waals surface area contributed by atoms with Crippen LogP contribution in [0.5, 0.6) is 0 Å². The van der Waals surface area contributed by atoms with Gasteiger partial charge >= 0.3 is 5.97 Å². The summed E-state index contributed by atoms with van der Waals surface area (Å²) in [6, 6.07) is 0. The molecule has 0 aliphatic heterocycles. The molecule has 0 radical (unpaired) electrons. The van der Waals surface area contributed by atoms with E-state index in [0.717, 1.165) is 15.4 Å². The Bertz CT molecular complexity index is 311. The predicted molar refractivity (Wildman–Crippen MR) is 51.7 cm³/mol. The van der Waals surface area contributed by atoms with Gasteiger partial charge < -0.3 is 4.74 Å². The molecule has 0 bridgehead atoms. The molecule has 0 saturated heterocycles. The van der Waals surface area contributed by atoms with Crippen LogP contribution in [0.4, 0.5) is 0 Å². The van der Waals surface area contributed by atoms with Crippen molar-refractivity contribution < 1.29 is 9.53 Å². The molecule has 0 unspecified atom stereocenters. The van der Waals surface area contributed by atoms with Gasteiger partial charge in [-0.15, -0.1) is 10.2 Å². The summed E-state index contributed by atoms with van der Waals surface area (Å²) in [6.07, 6.45) is 1.13. The van der Waals surface area contributed by atoms with Gasteiger partial charge in [0.15, 0.2) is 4.34 Å². The predicted octanol–water partition coefficient (Wildman–Crippen LogP) is 1.63. The number of rotatable bonds is 4. The third-order valence-corrected chi connectivity index (χ3v) is 2.86. The molecular weight excluding hydrogens is 208 g/mol. The van der Waals surface area contributed by atoms with E-state index in [4.69, 9.17) is 4.74 Å². The van der Waals surface area contributed by atoms with Crippen molar-refractivity contribution in [3.05, 3.63) is 17.7 Å². The zero-order chi connectivity index (χ0) is 9.68. The molecule has 0 N–H and O–H groups in total. The summed E-state index contributed by atoms with van der Waals surface area (Å²) < 4.78 is 5.55. The quantitative estimate of drug-likeness (QED) is 0.331. The average Bonchev–Trinajstić information content (AvgIpc) is 2.51. The number of hydrogen-bond donors (Lipinski definition) is 0. The first kappa shape index (κ1) is 10.2. The summed E-state index contributed by atoms with van der Waals surface area (Å²) in [7, 11) is 0. The molecule has 6 heteroatoms. The van der Waals surface area contributed by atoms with Crippen LogP contribution in [0.25, 0.3) is 0 Å². The Morgan fingerprint density at radius 2 is 2.54 bits per heavy atom. The molecular formula is C7H8N2O2S2. The van der Waals surface area contributed by atoms with Gasteiger partial charge in [-0.2, -0.15) is 0 Å². The first-order valence-corrected chi connectivity index (χ1v) is 5.24. The van der Waals surface area contributed by atoms with Crippen molar-refractivity contribution >= 4 is 29.1 Å². The molecule has 0 aliphatic rings. The minimum atomic E-state index is -0.422. The molecule has 1 rings (SSSR count). The molecule has 0 saturated carbocycles. The number of hydrogen-bond acceptors (Lipinski definition) is 6. The molecule has 1 aromatic rings. The van der Waals surface area contributed by atoms with Crippen molar-refractivity contribution in [3.63, 3.8) is 0 Å². The molecule has 1 aromatic heterocycles. The van der Waals surface area contributed by atoms with Gasteiger partial charge in [-0.1, -0.05) is 29.7 Å². The van der Waals surface area contributed by atoms with Crippen molar-refractivity contribution in [1.82, 2.24) is 10.2 Å². The lowest BCUT2D eigenvalue weighted by molar-refractivity contribution is -0.135. The van der Waals surface area contributed by atoms with Crippen LogP contribution in [-0.4, -0.2) is 22.1 Å². The third-order valence-electron chi connectivity index (χ3n) is 1.06. The molecule has 0 spiro atoms. The second kappa shape index (κ2) is 4.98. The number of nitrogens with zero attached hydrogens (tertiary/aromatic N) is 2. The van der Waals surface area contributed by atoms with E-state index in [1.54, 1.807) is 0 Å². The fraction of sp³-hybridized carbons (Fsp3) is 0.286. The van der Waals surface area contributed by atoms with Crippen LogP contribution >= 0.6 is 23.1 Å². The SMILES string of the molecule is C=CC(=O)OCSc1nnc(C)s1. The van der Waals surface area contributed by atoms with Crippen LogP contribution in [0.3, 0.4) is 0 Å². The van der Waals surface area contributed by atoms with Crippen molar-refractivity contribution in [2.75, 3.05) is 5.94 Å². The number of thioether (sulfide) groups is 1. The van der Waals surface area contributed by atoms with Crippen LogP contribution in [0, 0.1) is 6.92 Å². The van der Waals surface area contributed by atoms with E-state index in [-0.39, 0.29) is 5.94 Å². The summed E-state index contributed by atoms with van der Waals surface area (Å²) in [5.74, 6) is -0.173. The number of carbonyl (C=O) groups is 1. The van der Waals surface area contributed by atoms with Crippen molar-refractivity contribution in [2.24, 2.45) is 0 Å². The Morgan fingerprint density at radius 1 is 1.77 bits per heavy atom. The molecule has 0 aliphatic carbocycles. The van der Waals surface area contributed by atoms with Gasteiger partial charge in [0.05, 0.1) is 0 Å². The molecule has 1 heterocycles. The highest BCUT2D eigenvalue weighted by Gasteiger charge is 2.02. The monoisotopic (exact) mass is 216 g/mol. The smallest absolute Gasteiger partial charge is 0.330 e. The van der Waals surface area contributed by atoms with E-state index >= 15 is 0 Å². The number of carbonyl (C=O) groups excluding carboxylic acids is 1. The maximum absolute atomic E-state index is 10.6. The standard InChI is InChI=1S/C7H8N2O2S2/c1-3-6(10)11-4-12-7-9-8-5(2)13-7/h3H,1,4H2,2H3. The topological polar surface area (TPSA) is 52.1 Å². The molecule has 0 amide bonds. The lowest BCUT2D eigenvalue weighted by Crippen LogP contribution is -1.98. The zero-order valence-electron chi connectivity index (χ0n) is 7.02. The number of ether oxygens (including phenoxy) is 1. The van der Waals surface area contributed by atoms with Crippen molar-refractivity contribution in [2.45, 2.75) is 11.3 Å². The maximum atomic E-state index is 10.6. The largest absolute Gasteiger partial charge is 0.451 e. The van der Waals surface area contributed by atoms with E-state index in [2.05, 4.69) is 16.8 Å². The van der Waals surface area contributed by atoms with Crippen molar-refractivity contribution in [3.8, 4) is 0 Å². The molecule has 4 nitrogen and oxygen atoms in total. The van der Waals surface area contributed by atoms with Gasteiger partial charge in [-0.25, -0.2) is 4.79 Å². The van der Waals surface area contributed by atoms with E-state index in [1.165, 1.54) is 23.1 Å². The van der Waals surface area contributed by atoms with Gasteiger partial charge in [0.25, 0.3) is 0 Å². The first-order chi connectivity index (χ1) is 6.22. The fourth-order valence-electron chi connectivity index (χ4n) is 0.534. The van der Waals surface area contributed by atoms with Crippen LogP contribution < -0.4 is 0 Å². The van der Waals surface area contributed by atoms with E-state index in [1.807, 2.05) is 6.92 Å². The Morgan fingerprint density at radius 3 is 3.08 bits per heavy atom. The van der Waals surface area contributed by atoms with Crippen LogP contribution in [0.2, 0.25) is 0 Å². The average molecular weight is 216 g/mol. The highest BCUT2D eigenvalue weighted by atomic mass is 32.2. The Hall–Kier alpha value is -0.880. The second-order valence-corrected chi connectivity index (χ2v) is 4.37. The molecule has 13 heavy (non-hydrogen) atoms. The number of esters is 1. The molecule has 0 atom stereocenters. The van der Waals surface area contributed by atoms with E-state index in [0.29, 0.717) is 0 Å². The van der Waals surface area contributed by atoms with E-state index in [9.17, 15) is 4.79 Å².